The van der Waals surface area contributed by atoms with Gasteiger partial charge in [-0.05, 0) is 24.3 Å². The number of carboxylic acids is 1. The summed E-state index contributed by atoms with van der Waals surface area (Å²) in [6, 6.07) is 4.26. The van der Waals surface area contributed by atoms with Crippen molar-refractivity contribution in [3.8, 4) is 0 Å². The van der Waals surface area contributed by atoms with Gasteiger partial charge in [0.25, 0.3) is 10.1 Å². The Morgan fingerprint density at radius 1 is 1.13 bits per heavy atom. The van der Waals surface area contributed by atoms with Crippen molar-refractivity contribution in [2.75, 3.05) is 0 Å². The van der Waals surface area contributed by atoms with Gasteiger partial charge in [-0.2, -0.15) is 8.42 Å². The van der Waals surface area contributed by atoms with Crippen molar-refractivity contribution in [3.05, 3.63) is 29.8 Å². The minimum atomic E-state index is -4.24. The highest BCUT2D eigenvalue weighted by Gasteiger charge is 2.09. The van der Waals surface area contributed by atoms with E-state index in [1.807, 2.05) is 13.8 Å². The van der Waals surface area contributed by atoms with Gasteiger partial charge in [0.15, 0.2) is 0 Å². The average molecular weight is 232 g/mol. The molecule has 84 valence electrons. The van der Waals surface area contributed by atoms with E-state index in [1.54, 1.807) is 0 Å². The zero-order valence-electron chi connectivity index (χ0n) is 8.34. The monoisotopic (exact) mass is 232 g/mol. The van der Waals surface area contributed by atoms with Gasteiger partial charge in [0.05, 0.1) is 10.5 Å². The zero-order chi connectivity index (χ0) is 12.1. The maximum atomic E-state index is 10.5. The first kappa shape index (κ1) is 13.6. The number of aromatic carboxylic acids is 1. The van der Waals surface area contributed by atoms with Gasteiger partial charge in [-0.1, -0.05) is 13.8 Å². The Morgan fingerprint density at radius 3 is 1.80 bits per heavy atom. The molecule has 5 nitrogen and oxygen atoms in total. The van der Waals surface area contributed by atoms with Gasteiger partial charge in [0, 0.05) is 0 Å². The molecule has 6 heteroatoms. The zero-order valence-corrected chi connectivity index (χ0v) is 9.15. The maximum absolute atomic E-state index is 10.5. The third-order valence-corrected chi connectivity index (χ3v) is 2.27. The Labute approximate surface area is 88.1 Å². The van der Waals surface area contributed by atoms with Crippen LogP contribution in [0.5, 0.6) is 0 Å². The Kier molecular flexibility index (Phi) is 4.96. The van der Waals surface area contributed by atoms with Crippen LogP contribution < -0.4 is 0 Å². The second kappa shape index (κ2) is 5.47. The third kappa shape index (κ3) is 4.09. The molecular formula is C9H12O5S. The first-order valence-electron chi connectivity index (χ1n) is 4.22. The fourth-order valence-corrected chi connectivity index (χ4v) is 1.25. The lowest BCUT2D eigenvalue weighted by Gasteiger charge is -1.96. The van der Waals surface area contributed by atoms with Gasteiger partial charge in [-0.15, -0.1) is 0 Å². The molecule has 0 radical (unpaired) electrons. The molecule has 1 aromatic rings. The largest absolute Gasteiger partial charge is 0.478 e. The van der Waals surface area contributed by atoms with Crippen LogP contribution in [-0.4, -0.2) is 24.0 Å². The highest BCUT2D eigenvalue weighted by molar-refractivity contribution is 7.85. The molecule has 0 fully saturated rings. The molecule has 1 aromatic carbocycles. The molecule has 0 aromatic heterocycles. The third-order valence-electron chi connectivity index (χ3n) is 1.40. The Morgan fingerprint density at radius 2 is 1.53 bits per heavy atom. The standard InChI is InChI=1S/C7H6O5S.C2H6/c8-7(9)5-1-3-6(4-2-5)13(10,11)12;1-2/h1-4H,(H,8,9)(H,10,11,12);1-2H3. The molecule has 0 aliphatic rings. The molecule has 0 bridgehead atoms. The smallest absolute Gasteiger partial charge is 0.335 e. The van der Waals surface area contributed by atoms with Gasteiger partial charge in [-0.3, -0.25) is 4.55 Å². The summed E-state index contributed by atoms with van der Waals surface area (Å²) in [4.78, 5) is 10.0. The van der Waals surface area contributed by atoms with E-state index >= 15 is 0 Å². The molecule has 0 saturated carbocycles. The van der Waals surface area contributed by atoms with Crippen molar-refractivity contribution in [1.29, 1.82) is 0 Å². The molecule has 0 spiro atoms. The van der Waals surface area contributed by atoms with Crippen LogP contribution in [0.3, 0.4) is 0 Å². The van der Waals surface area contributed by atoms with E-state index in [-0.39, 0.29) is 10.5 Å². The van der Waals surface area contributed by atoms with Gasteiger partial charge in [-0.25, -0.2) is 4.79 Å². The number of benzene rings is 1. The van der Waals surface area contributed by atoms with E-state index in [1.165, 1.54) is 0 Å². The van der Waals surface area contributed by atoms with Gasteiger partial charge >= 0.3 is 5.97 Å². The van der Waals surface area contributed by atoms with Crippen LogP contribution in [0.15, 0.2) is 29.2 Å². The molecule has 15 heavy (non-hydrogen) atoms. The predicted molar refractivity (Wildman–Crippen MR) is 54.6 cm³/mol. The van der Waals surface area contributed by atoms with Crippen molar-refractivity contribution in [2.24, 2.45) is 0 Å². The molecule has 0 saturated heterocycles. The summed E-state index contributed by atoms with van der Waals surface area (Å²) in [7, 11) is -4.24. The van der Waals surface area contributed by atoms with E-state index < -0.39 is 16.1 Å². The summed E-state index contributed by atoms with van der Waals surface area (Å²) in [5.74, 6) is -1.15. The lowest BCUT2D eigenvalue weighted by molar-refractivity contribution is 0.0696. The van der Waals surface area contributed by atoms with Crippen LogP contribution in [0.4, 0.5) is 0 Å². The minimum absolute atomic E-state index is 0.0348. The average Bonchev–Trinajstić information content (AvgIpc) is 2.20. The van der Waals surface area contributed by atoms with E-state index in [9.17, 15) is 13.2 Å². The lowest BCUT2D eigenvalue weighted by atomic mass is 10.2. The van der Waals surface area contributed by atoms with E-state index in [4.69, 9.17) is 9.66 Å². The summed E-state index contributed by atoms with van der Waals surface area (Å²) >= 11 is 0. The van der Waals surface area contributed by atoms with E-state index in [0.29, 0.717) is 0 Å². The summed E-state index contributed by atoms with van der Waals surface area (Å²) < 4.78 is 29.6. The summed E-state index contributed by atoms with van der Waals surface area (Å²) in [5, 5.41) is 8.47. The highest BCUT2D eigenvalue weighted by Crippen LogP contribution is 2.09. The van der Waals surface area contributed by atoms with Crippen LogP contribution in [0.2, 0.25) is 0 Å². The van der Waals surface area contributed by atoms with Crippen LogP contribution >= 0.6 is 0 Å². The minimum Gasteiger partial charge on any atom is -0.478 e. The van der Waals surface area contributed by atoms with Crippen LogP contribution in [0.25, 0.3) is 0 Å². The second-order valence-electron chi connectivity index (χ2n) is 2.30. The summed E-state index contributed by atoms with van der Waals surface area (Å²) in [6.45, 7) is 4.00. The number of hydrogen-bond acceptors (Lipinski definition) is 3. The number of carbonyl (C=O) groups is 1. The summed E-state index contributed by atoms with van der Waals surface area (Å²) in [5.41, 5.74) is -0.0348. The molecule has 1 rings (SSSR count). The highest BCUT2D eigenvalue weighted by atomic mass is 32.2. The molecular weight excluding hydrogens is 220 g/mol. The molecule has 0 unspecified atom stereocenters. The number of hydrogen-bond donors (Lipinski definition) is 2. The van der Waals surface area contributed by atoms with Gasteiger partial charge in [0.2, 0.25) is 0 Å². The topological polar surface area (TPSA) is 91.7 Å². The van der Waals surface area contributed by atoms with Gasteiger partial charge in [0.1, 0.15) is 0 Å². The number of carboxylic acid groups (broad SMARTS) is 1. The summed E-state index contributed by atoms with van der Waals surface area (Å²) in [6.07, 6.45) is 0. The van der Waals surface area contributed by atoms with Crippen molar-refractivity contribution in [1.82, 2.24) is 0 Å². The van der Waals surface area contributed by atoms with Crippen molar-refractivity contribution in [3.63, 3.8) is 0 Å². The molecule has 0 amide bonds. The van der Waals surface area contributed by atoms with Crippen molar-refractivity contribution >= 4 is 16.1 Å². The first-order chi connectivity index (χ1) is 6.91. The Hall–Kier alpha value is -1.40. The number of rotatable bonds is 2. The van der Waals surface area contributed by atoms with E-state index in [2.05, 4.69) is 0 Å². The quantitative estimate of drug-likeness (QED) is 0.756. The molecule has 0 heterocycles. The SMILES string of the molecule is CC.O=C(O)c1ccc(S(=O)(=O)O)cc1. The lowest BCUT2D eigenvalue weighted by Crippen LogP contribution is -2.00. The van der Waals surface area contributed by atoms with Gasteiger partial charge < -0.3 is 5.11 Å². The van der Waals surface area contributed by atoms with Crippen LogP contribution in [0.1, 0.15) is 24.2 Å². The van der Waals surface area contributed by atoms with Crippen molar-refractivity contribution in [2.45, 2.75) is 18.7 Å². The molecule has 0 aliphatic heterocycles. The molecule has 0 atom stereocenters. The predicted octanol–water partition coefficient (Wildman–Crippen LogP) is 1.66. The first-order valence-corrected chi connectivity index (χ1v) is 5.66. The second-order valence-corrected chi connectivity index (χ2v) is 3.73. The fourth-order valence-electron chi connectivity index (χ4n) is 0.769. The van der Waals surface area contributed by atoms with Crippen LogP contribution in [-0.2, 0) is 10.1 Å². The Bertz CT molecular complexity index is 418. The maximum Gasteiger partial charge on any atom is 0.335 e. The van der Waals surface area contributed by atoms with Crippen molar-refractivity contribution < 1.29 is 22.9 Å². The Balaban J connectivity index is 0.000000921. The van der Waals surface area contributed by atoms with Crippen LogP contribution in [0, 0.1) is 0 Å². The van der Waals surface area contributed by atoms with E-state index in [0.717, 1.165) is 24.3 Å². The normalized spacial score (nSPS) is 10.1. The fraction of sp³-hybridized carbons (Fsp3) is 0.222. The molecule has 0 aliphatic carbocycles. The molecule has 2 N–H and O–H groups in total.